The van der Waals surface area contributed by atoms with Gasteiger partial charge in [-0.3, -0.25) is 4.79 Å². The summed E-state index contributed by atoms with van der Waals surface area (Å²) in [7, 11) is 0. The van der Waals surface area contributed by atoms with E-state index in [1.807, 2.05) is 42.5 Å². The Morgan fingerprint density at radius 3 is 1.33 bits per heavy atom. The second-order valence-electron chi connectivity index (χ2n) is 11.6. The fourth-order valence-electron chi connectivity index (χ4n) is 5.62. The molecule has 0 bridgehead atoms. The summed E-state index contributed by atoms with van der Waals surface area (Å²) in [5.74, 6) is 0.141. The van der Waals surface area contributed by atoms with Gasteiger partial charge in [-0.2, -0.15) is 0 Å². The molecule has 0 atom stereocenters. The second-order valence-corrected chi connectivity index (χ2v) is 11.6. The third kappa shape index (κ3) is 14.8. The number of carbonyl (C=O) groups is 1. The summed E-state index contributed by atoms with van der Waals surface area (Å²) < 4.78 is 0. The molecule has 2 aromatic rings. The molecule has 0 amide bonds. The van der Waals surface area contributed by atoms with Gasteiger partial charge in [0.25, 0.3) is 0 Å². The summed E-state index contributed by atoms with van der Waals surface area (Å²) >= 11 is 0. The highest BCUT2D eigenvalue weighted by Crippen LogP contribution is 2.25. The van der Waals surface area contributed by atoms with Crippen LogP contribution >= 0.6 is 0 Å². The first-order chi connectivity index (χ1) is 19.3. The Hall–Kier alpha value is -2.09. The Morgan fingerprint density at radius 2 is 0.872 bits per heavy atom. The van der Waals surface area contributed by atoms with Crippen LogP contribution in [0.1, 0.15) is 158 Å². The molecule has 0 aliphatic rings. The van der Waals surface area contributed by atoms with Crippen molar-refractivity contribution in [1.29, 1.82) is 0 Å². The highest BCUT2D eigenvalue weighted by Gasteiger charge is 2.17. The van der Waals surface area contributed by atoms with Gasteiger partial charge in [0.1, 0.15) is 0 Å². The average Bonchev–Trinajstić information content (AvgIpc) is 2.98. The molecule has 0 saturated carbocycles. The zero-order valence-electron chi connectivity index (χ0n) is 25.6. The van der Waals surface area contributed by atoms with E-state index in [2.05, 4.69) is 30.9 Å². The summed E-state index contributed by atoms with van der Waals surface area (Å²) in [6.07, 6.45) is 27.1. The summed E-state index contributed by atoms with van der Waals surface area (Å²) in [6.45, 7) is 6.67. The highest BCUT2D eigenvalue weighted by molar-refractivity contribution is 6.12. The van der Waals surface area contributed by atoms with E-state index in [-0.39, 0.29) is 5.78 Å². The first kappa shape index (κ1) is 33.1. The summed E-state index contributed by atoms with van der Waals surface area (Å²) in [5, 5.41) is 0. The van der Waals surface area contributed by atoms with Crippen molar-refractivity contribution >= 4 is 11.5 Å². The molecular weight excluding hydrogens is 474 g/mol. The van der Waals surface area contributed by atoms with E-state index in [1.165, 1.54) is 128 Å². The summed E-state index contributed by atoms with van der Waals surface area (Å²) in [5.41, 5.74) is 2.75. The lowest BCUT2D eigenvalue weighted by Crippen LogP contribution is -2.27. The van der Waals surface area contributed by atoms with Crippen LogP contribution < -0.4 is 4.90 Å². The van der Waals surface area contributed by atoms with Gasteiger partial charge in [0.2, 0.25) is 0 Å². The van der Waals surface area contributed by atoms with Crippen molar-refractivity contribution in [3.05, 3.63) is 65.7 Å². The molecule has 0 saturated heterocycles. The van der Waals surface area contributed by atoms with Crippen LogP contribution in [-0.4, -0.2) is 18.9 Å². The van der Waals surface area contributed by atoms with Crippen molar-refractivity contribution in [2.24, 2.45) is 0 Å². The molecule has 0 aliphatic heterocycles. The Kier molecular flexibility index (Phi) is 19.3. The topological polar surface area (TPSA) is 20.3 Å². The standard InChI is InChI=1S/C37H59NO/c1-3-5-7-9-11-13-15-17-19-26-32-38(33-27-20-18-16-14-12-10-8-6-4-2)36-31-25-24-30-35(36)37(39)34-28-22-21-23-29-34/h21-25,28-31H,3-20,26-27,32-33H2,1-2H3. The van der Waals surface area contributed by atoms with Gasteiger partial charge in [-0.15, -0.1) is 0 Å². The molecule has 0 spiro atoms. The molecule has 0 aromatic heterocycles. The average molecular weight is 534 g/mol. The van der Waals surface area contributed by atoms with E-state index in [4.69, 9.17) is 0 Å². The summed E-state index contributed by atoms with van der Waals surface area (Å²) in [6, 6.07) is 18.1. The van der Waals surface area contributed by atoms with Crippen LogP contribution in [0.15, 0.2) is 54.6 Å². The van der Waals surface area contributed by atoms with E-state index in [1.54, 1.807) is 0 Å². The zero-order chi connectivity index (χ0) is 27.8. The van der Waals surface area contributed by atoms with Gasteiger partial charge in [-0.1, -0.05) is 172 Å². The first-order valence-corrected chi connectivity index (χ1v) is 16.7. The van der Waals surface area contributed by atoms with Crippen molar-refractivity contribution < 1.29 is 4.79 Å². The van der Waals surface area contributed by atoms with Crippen LogP contribution in [0.3, 0.4) is 0 Å². The van der Waals surface area contributed by atoms with Gasteiger partial charge >= 0.3 is 0 Å². The molecule has 2 heteroatoms. The minimum Gasteiger partial charge on any atom is -0.371 e. The lowest BCUT2D eigenvalue weighted by Gasteiger charge is -2.27. The Labute approximate surface area is 242 Å². The summed E-state index contributed by atoms with van der Waals surface area (Å²) in [4.78, 5) is 15.9. The molecule has 2 rings (SSSR count). The van der Waals surface area contributed by atoms with Crippen LogP contribution in [-0.2, 0) is 0 Å². The maximum absolute atomic E-state index is 13.4. The van der Waals surface area contributed by atoms with Gasteiger partial charge < -0.3 is 4.90 Å². The van der Waals surface area contributed by atoms with Crippen LogP contribution in [0.25, 0.3) is 0 Å². The van der Waals surface area contributed by atoms with Crippen LogP contribution in [0.4, 0.5) is 5.69 Å². The Bertz CT molecular complexity index is 822. The first-order valence-electron chi connectivity index (χ1n) is 16.7. The van der Waals surface area contributed by atoms with E-state index in [9.17, 15) is 4.79 Å². The van der Waals surface area contributed by atoms with Crippen molar-refractivity contribution in [3.63, 3.8) is 0 Å². The predicted octanol–water partition coefficient (Wildman–Crippen LogP) is 11.6. The predicted molar refractivity (Wildman–Crippen MR) is 172 cm³/mol. The molecule has 2 nitrogen and oxygen atoms in total. The molecule has 0 N–H and O–H groups in total. The SMILES string of the molecule is CCCCCCCCCCCCN(CCCCCCCCCCCC)c1ccccc1C(=O)c1ccccc1. The molecule has 2 aromatic carbocycles. The maximum Gasteiger partial charge on any atom is 0.195 e. The van der Waals surface area contributed by atoms with Crippen molar-refractivity contribution in [2.45, 2.75) is 142 Å². The third-order valence-corrected chi connectivity index (χ3v) is 8.09. The van der Waals surface area contributed by atoms with E-state index in [0.717, 1.165) is 29.9 Å². The van der Waals surface area contributed by atoms with Crippen LogP contribution in [0.2, 0.25) is 0 Å². The fraction of sp³-hybridized carbons (Fsp3) is 0.649. The highest BCUT2D eigenvalue weighted by atomic mass is 16.1. The molecule has 0 fully saturated rings. The van der Waals surface area contributed by atoms with Crippen LogP contribution in [0, 0.1) is 0 Å². The van der Waals surface area contributed by atoms with Gasteiger partial charge in [0.15, 0.2) is 5.78 Å². The second kappa shape index (κ2) is 22.7. The number of carbonyl (C=O) groups excluding carboxylic acids is 1. The molecular formula is C37H59NO. The Morgan fingerprint density at radius 1 is 0.487 bits per heavy atom. The van der Waals surface area contributed by atoms with Gasteiger partial charge in [0, 0.05) is 29.9 Å². The molecule has 0 heterocycles. The number of hydrogen-bond acceptors (Lipinski definition) is 2. The third-order valence-electron chi connectivity index (χ3n) is 8.09. The monoisotopic (exact) mass is 533 g/mol. The number of nitrogens with zero attached hydrogens (tertiary/aromatic N) is 1. The fourth-order valence-corrected chi connectivity index (χ4v) is 5.62. The lowest BCUT2D eigenvalue weighted by atomic mass is 10.0. The van der Waals surface area contributed by atoms with E-state index >= 15 is 0 Å². The van der Waals surface area contributed by atoms with Gasteiger partial charge in [-0.25, -0.2) is 0 Å². The number of hydrogen-bond donors (Lipinski definition) is 0. The minimum atomic E-state index is 0.141. The Balaban J connectivity index is 1.85. The number of unbranched alkanes of at least 4 members (excludes halogenated alkanes) is 18. The minimum absolute atomic E-state index is 0.141. The largest absolute Gasteiger partial charge is 0.371 e. The number of ketones is 1. The van der Waals surface area contributed by atoms with Crippen molar-refractivity contribution in [2.75, 3.05) is 18.0 Å². The quantitative estimate of drug-likeness (QED) is 0.0934. The molecule has 218 valence electrons. The number of anilines is 1. The molecule has 39 heavy (non-hydrogen) atoms. The van der Waals surface area contributed by atoms with E-state index in [0.29, 0.717) is 0 Å². The molecule has 0 unspecified atom stereocenters. The van der Waals surface area contributed by atoms with Gasteiger partial charge in [0.05, 0.1) is 0 Å². The lowest BCUT2D eigenvalue weighted by molar-refractivity contribution is 0.103. The number of benzene rings is 2. The van der Waals surface area contributed by atoms with Gasteiger partial charge in [-0.05, 0) is 25.0 Å². The molecule has 0 aliphatic carbocycles. The number of para-hydroxylation sites is 1. The smallest absolute Gasteiger partial charge is 0.195 e. The van der Waals surface area contributed by atoms with Crippen molar-refractivity contribution in [1.82, 2.24) is 0 Å². The normalized spacial score (nSPS) is 11.1. The zero-order valence-corrected chi connectivity index (χ0v) is 25.6. The number of rotatable bonds is 25. The van der Waals surface area contributed by atoms with Crippen LogP contribution in [0.5, 0.6) is 0 Å². The van der Waals surface area contributed by atoms with Crippen molar-refractivity contribution in [3.8, 4) is 0 Å². The molecule has 0 radical (unpaired) electrons. The van der Waals surface area contributed by atoms with E-state index < -0.39 is 0 Å². The maximum atomic E-state index is 13.4.